The first kappa shape index (κ1) is 23.8. The predicted octanol–water partition coefficient (Wildman–Crippen LogP) is 10.1. The van der Waals surface area contributed by atoms with E-state index >= 15 is 0 Å². The molecule has 0 radical (unpaired) electrons. The highest BCUT2D eigenvalue weighted by atomic mass is 15.3. The van der Waals surface area contributed by atoms with E-state index in [-0.39, 0.29) is 0 Å². The van der Waals surface area contributed by atoms with E-state index in [9.17, 15) is 0 Å². The lowest BCUT2D eigenvalue weighted by Crippen LogP contribution is -2.18. The summed E-state index contributed by atoms with van der Waals surface area (Å²) in [6.07, 6.45) is 1.83. The van der Waals surface area contributed by atoms with Gasteiger partial charge in [-0.25, -0.2) is 9.97 Å². The number of aromatic nitrogens is 3. The maximum Gasteiger partial charge on any atom is 0.235 e. The van der Waals surface area contributed by atoms with Gasteiger partial charge in [0.1, 0.15) is 0 Å². The predicted molar refractivity (Wildman–Crippen MR) is 177 cm³/mol. The first-order chi connectivity index (χ1) is 21.3. The molecule has 0 saturated carbocycles. The van der Waals surface area contributed by atoms with E-state index in [4.69, 9.17) is 9.97 Å². The Labute approximate surface area is 248 Å². The minimum atomic E-state index is 0.654. The van der Waals surface area contributed by atoms with Crippen molar-refractivity contribution in [3.05, 3.63) is 146 Å². The number of rotatable bonds is 3. The van der Waals surface area contributed by atoms with Gasteiger partial charge in [0.15, 0.2) is 0 Å². The number of anilines is 3. The molecule has 0 aliphatic carbocycles. The second-order valence-corrected chi connectivity index (χ2v) is 10.9. The molecule has 6 aromatic carbocycles. The maximum atomic E-state index is 5.34. The van der Waals surface area contributed by atoms with Crippen molar-refractivity contribution in [1.82, 2.24) is 15.0 Å². The summed E-state index contributed by atoms with van der Waals surface area (Å²) in [4.78, 5) is 17.3. The summed E-state index contributed by atoms with van der Waals surface area (Å²) in [5.41, 5.74) is 9.45. The van der Waals surface area contributed by atoms with Crippen molar-refractivity contribution >= 4 is 49.8 Å². The van der Waals surface area contributed by atoms with Crippen LogP contribution in [0.1, 0.15) is 0 Å². The van der Waals surface area contributed by atoms with Gasteiger partial charge < -0.3 is 0 Å². The van der Waals surface area contributed by atoms with E-state index in [2.05, 4.69) is 125 Å². The zero-order chi connectivity index (χ0) is 28.3. The van der Waals surface area contributed by atoms with Gasteiger partial charge in [-0.1, -0.05) is 103 Å². The van der Waals surface area contributed by atoms with Crippen LogP contribution in [-0.4, -0.2) is 15.0 Å². The Morgan fingerprint density at radius 3 is 2.05 bits per heavy atom. The molecule has 4 nitrogen and oxygen atoms in total. The highest BCUT2D eigenvalue weighted by molar-refractivity contribution is 6.15. The molecule has 0 spiro atoms. The molecule has 0 unspecified atom stereocenters. The van der Waals surface area contributed by atoms with Gasteiger partial charge >= 0.3 is 0 Å². The van der Waals surface area contributed by atoms with Gasteiger partial charge in [0, 0.05) is 33.7 Å². The second kappa shape index (κ2) is 9.33. The highest BCUT2D eigenvalue weighted by Gasteiger charge is 2.28. The molecular formula is C39H24N4. The zero-order valence-electron chi connectivity index (χ0n) is 23.1. The van der Waals surface area contributed by atoms with Gasteiger partial charge in [0.25, 0.3) is 0 Å². The molecule has 9 rings (SSSR count). The number of para-hydroxylation sites is 1. The fourth-order valence-corrected chi connectivity index (χ4v) is 6.42. The van der Waals surface area contributed by atoms with Crippen molar-refractivity contribution in [2.45, 2.75) is 0 Å². The lowest BCUT2D eigenvalue weighted by Gasteiger charge is -2.32. The van der Waals surface area contributed by atoms with E-state index in [0.717, 1.165) is 44.8 Å². The smallest absolute Gasteiger partial charge is 0.235 e. The Kier molecular flexibility index (Phi) is 5.16. The van der Waals surface area contributed by atoms with Crippen LogP contribution in [0, 0.1) is 0 Å². The summed E-state index contributed by atoms with van der Waals surface area (Å²) in [5, 5.41) is 5.83. The lowest BCUT2D eigenvalue weighted by atomic mass is 9.89. The molecule has 0 fully saturated rings. The third kappa shape index (κ3) is 3.74. The first-order valence-electron chi connectivity index (χ1n) is 14.5. The third-order valence-corrected chi connectivity index (χ3v) is 8.43. The SMILES string of the molecule is c1ccc(-c2ccc(-c3nc(N4c5cc6ccccc6cc5-c5cccc6cccc4c56)nc4ccccc34)cc2)nc1. The van der Waals surface area contributed by atoms with Crippen LogP contribution in [0.2, 0.25) is 0 Å². The summed E-state index contributed by atoms with van der Waals surface area (Å²) in [7, 11) is 0. The number of fused-ring (bicyclic) bond motifs is 4. The molecule has 2 aromatic heterocycles. The summed E-state index contributed by atoms with van der Waals surface area (Å²) in [5.74, 6) is 0.654. The normalized spacial score (nSPS) is 12.1. The van der Waals surface area contributed by atoms with E-state index in [1.165, 1.54) is 32.7 Å². The lowest BCUT2D eigenvalue weighted by molar-refractivity contribution is 1.11. The number of benzene rings is 6. The molecule has 4 heteroatoms. The van der Waals surface area contributed by atoms with E-state index in [0.29, 0.717) is 5.95 Å². The van der Waals surface area contributed by atoms with Crippen LogP contribution in [-0.2, 0) is 0 Å². The summed E-state index contributed by atoms with van der Waals surface area (Å²) >= 11 is 0. The summed E-state index contributed by atoms with van der Waals surface area (Å²) < 4.78 is 0. The Morgan fingerprint density at radius 1 is 0.488 bits per heavy atom. The number of hydrogen-bond acceptors (Lipinski definition) is 4. The molecule has 43 heavy (non-hydrogen) atoms. The van der Waals surface area contributed by atoms with Crippen molar-refractivity contribution < 1.29 is 0 Å². The average Bonchev–Trinajstić information content (AvgIpc) is 3.08. The van der Waals surface area contributed by atoms with E-state index in [1.54, 1.807) is 0 Å². The van der Waals surface area contributed by atoms with E-state index < -0.39 is 0 Å². The van der Waals surface area contributed by atoms with Crippen molar-refractivity contribution in [3.8, 4) is 33.6 Å². The number of nitrogens with zero attached hydrogens (tertiary/aromatic N) is 4. The van der Waals surface area contributed by atoms with Crippen LogP contribution in [0.4, 0.5) is 17.3 Å². The molecule has 0 saturated heterocycles. The van der Waals surface area contributed by atoms with Crippen molar-refractivity contribution in [3.63, 3.8) is 0 Å². The van der Waals surface area contributed by atoms with Gasteiger partial charge in [0.2, 0.25) is 5.95 Å². The minimum absolute atomic E-state index is 0.654. The molecule has 1 aliphatic rings. The van der Waals surface area contributed by atoms with E-state index in [1.807, 2.05) is 30.5 Å². The van der Waals surface area contributed by atoms with Gasteiger partial charge in [-0.2, -0.15) is 0 Å². The Balaban J connectivity index is 1.31. The fraction of sp³-hybridized carbons (Fsp3) is 0. The van der Waals surface area contributed by atoms with Gasteiger partial charge in [-0.3, -0.25) is 9.88 Å². The zero-order valence-corrected chi connectivity index (χ0v) is 23.1. The van der Waals surface area contributed by atoms with Crippen LogP contribution in [0.3, 0.4) is 0 Å². The molecule has 3 heterocycles. The third-order valence-electron chi connectivity index (χ3n) is 8.43. The maximum absolute atomic E-state index is 5.34. The molecule has 0 N–H and O–H groups in total. The number of hydrogen-bond donors (Lipinski definition) is 0. The molecular weight excluding hydrogens is 524 g/mol. The largest absolute Gasteiger partial charge is 0.278 e. The second-order valence-electron chi connectivity index (χ2n) is 10.9. The quantitative estimate of drug-likeness (QED) is 0.220. The topological polar surface area (TPSA) is 41.9 Å². The van der Waals surface area contributed by atoms with Crippen LogP contribution < -0.4 is 4.90 Å². The van der Waals surface area contributed by atoms with Crippen LogP contribution in [0.25, 0.3) is 66.1 Å². The van der Waals surface area contributed by atoms with Crippen molar-refractivity contribution in [2.24, 2.45) is 0 Å². The highest BCUT2D eigenvalue weighted by Crippen LogP contribution is 2.51. The van der Waals surface area contributed by atoms with Gasteiger partial charge in [-0.15, -0.1) is 0 Å². The van der Waals surface area contributed by atoms with Crippen LogP contribution in [0.5, 0.6) is 0 Å². The summed E-state index contributed by atoms with van der Waals surface area (Å²) in [6, 6.07) is 48.9. The van der Waals surface area contributed by atoms with Crippen LogP contribution >= 0.6 is 0 Å². The monoisotopic (exact) mass is 548 g/mol. The van der Waals surface area contributed by atoms with Crippen molar-refractivity contribution in [1.29, 1.82) is 0 Å². The standard InChI is InChI=1S/C39H24N4/c1-2-10-29-24-36-32(23-28(29)9-1)30-14-7-11-26-12-8-17-35(37(26)30)43(36)39-41-34-16-4-3-13-31(34)38(42-39)27-20-18-25(19-21-27)33-15-5-6-22-40-33/h1-24H. The molecule has 200 valence electrons. The molecule has 1 aliphatic heterocycles. The first-order valence-corrected chi connectivity index (χ1v) is 14.5. The van der Waals surface area contributed by atoms with Gasteiger partial charge in [0.05, 0.1) is 28.3 Å². The Morgan fingerprint density at radius 2 is 1.21 bits per heavy atom. The Hall–Kier alpha value is -5.87. The summed E-state index contributed by atoms with van der Waals surface area (Å²) in [6.45, 7) is 0. The number of pyridine rings is 1. The Bertz CT molecular complexity index is 2340. The molecule has 8 aromatic rings. The minimum Gasteiger partial charge on any atom is -0.278 e. The fourth-order valence-electron chi connectivity index (χ4n) is 6.42. The van der Waals surface area contributed by atoms with Crippen LogP contribution in [0.15, 0.2) is 146 Å². The molecule has 0 amide bonds. The van der Waals surface area contributed by atoms with Crippen molar-refractivity contribution in [2.75, 3.05) is 4.90 Å². The van der Waals surface area contributed by atoms with Gasteiger partial charge in [-0.05, 0) is 58.1 Å². The molecule has 0 bridgehead atoms. The average molecular weight is 549 g/mol. The molecule has 0 atom stereocenters.